The lowest BCUT2D eigenvalue weighted by Crippen LogP contribution is -2.42. The van der Waals surface area contributed by atoms with Crippen molar-refractivity contribution in [3.05, 3.63) is 35.9 Å². The molecule has 0 aliphatic heterocycles. The van der Waals surface area contributed by atoms with Crippen LogP contribution in [0.5, 0.6) is 0 Å². The summed E-state index contributed by atoms with van der Waals surface area (Å²) < 4.78 is 0. The zero-order valence-corrected chi connectivity index (χ0v) is 12.2. The fourth-order valence-electron chi connectivity index (χ4n) is 3.56. The molecule has 0 bridgehead atoms. The van der Waals surface area contributed by atoms with E-state index in [1.54, 1.807) is 0 Å². The van der Waals surface area contributed by atoms with Crippen LogP contribution >= 0.6 is 0 Å². The van der Waals surface area contributed by atoms with Crippen molar-refractivity contribution in [2.45, 2.75) is 38.5 Å². The van der Waals surface area contributed by atoms with Crippen molar-refractivity contribution < 1.29 is 9.59 Å². The Kier molecular flexibility index (Phi) is 4.23. The third-order valence-corrected chi connectivity index (χ3v) is 4.77. The number of aryl methyl sites for hydroxylation is 1. The molecule has 3 atom stereocenters. The molecule has 2 aliphatic rings. The summed E-state index contributed by atoms with van der Waals surface area (Å²) in [5, 5.41) is 0. The molecule has 0 heterocycles. The van der Waals surface area contributed by atoms with E-state index >= 15 is 0 Å². The molecule has 0 aromatic heterocycles. The minimum absolute atomic E-state index is 0.0000360. The molecule has 1 unspecified atom stereocenters. The van der Waals surface area contributed by atoms with E-state index in [1.165, 1.54) is 25.7 Å². The van der Waals surface area contributed by atoms with Crippen LogP contribution in [-0.4, -0.2) is 11.8 Å². The van der Waals surface area contributed by atoms with Gasteiger partial charge in [-0.3, -0.25) is 20.4 Å². The fourth-order valence-corrected chi connectivity index (χ4v) is 3.56. The van der Waals surface area contributed by atoms with E-state index in [1.807, 2.05) is 30.3 Å². The van der Waals surface area contributed by atoms with E-state index in [4.69, 9.17) is 0 Å². The molecule has 2 amide bonds. The van der Waals surface area contributed by atoms with Crippen molar-refractivity contribution in [2.24, 2.45) is 17.8 Å². The first-order chi connectivity index (χ1) is 10.3. The molecule has 2 fully saturated rings. The normalized spacial score (nSPS) is 26.6. The van der Waals surface area contributed by atoms with Gasteiger partial charge in [0, 0.05) is 12.3 Å². The highest BCUT2D eigenvalue weighted by Crippen LogP contribution is 2.55. The molecule has 4 heteroatoms. The summed E-state index contributed by atoms with van der Waals surface area (Å²) in [4.78, 5) is 23.8. The van der Waals surface area contributed by atoms with Gasteiger partial charge in [-0.1, -0.05) is 43.2 Å². The van der Waals surface area contributed by atoms with Crippen LogP contribution in [0.15, 0.2) is 30.3 Å². The number of carbonyl (C=O) groups is 2. The van der Waals surface area contributed by atoms with E-state index in [-0.39, 0.29) is 17.7 Å². The Morgan fingerprint density at radius 2 is 1.67 bits per heavy atom. The van der Waals surface area contributed by atoms with E-state index in [9.17, 15) is 9.59 Å². The second-order valence-electron chi connectivity index (χ2n) is 6.16. The van der Waals surface area contributed by atoms with Crippen LogP contribution in [0.1, 0.15) is 37.7 Å². The van der Waals surface area contributed by atoms with Crippen molar-refractivity contribution >= 4 is 11.8 Å². The van der Waals surface area contributed by atoms with Crippen molar-refractivity contribution in [3.63, 3.8) is 0 Å². The average molecular weight is 286 g/mol. The van der Waals surface area contributed by atoms with Crippen molar-refractivity contribution in [2.75, 3.05) is 0 Å². The maximum absolute atomic E-state index is 12.0. The third-order valence-electron chi connectivity index (χ3n) is 4.77. The van der Waals surface area contributed by atoms with Crippen LogP contribution in [0.2, 0.25) is 0 Å². The average Bonchev–Trinajstić information content (AvgIpc) is 3.26. The van der Waals surface area contributed by atoms with Gasteiger partial charge in [-0.2, -0.15) is 0 Å². The molecule has 2 saturated carbocycles. The first-order valence-corrected chi connectivity index (χ1v) is 7.88. The standard InChI is InChI=1S/C17H22N2O2/c20-15(11-10-12-6-2-1-3-7-12)18-19-17(21)16-13-8-4-5-9-14(13)16/h1-3,6-7,13-14,16H,4-5,8-11H2,(H,18,20)(H,19,21)/t13-,14+,16?. The number of carbonyl (C=O) groups excluding carboxylic acids is 2. The largest absolute Gasteiger partial charge is 0.273 e. The summed E-state index contributed by atoms with van der Waals surface area (Å²) >= 11 is 0. The van der Waals surface area contributed by atoms with Crippen LogP contribution in [0.25, 0.3) is 0 Å². The van der Waals surface area contributed by atoms with E-state index in [2.05, 4.69) is 10.9 Å². The molecular formula is C17H22N2O2. The van der Waals surface area contributed by atoms with Crippen molar-refractivity contribution in [1.29, 1.82) is 0 Å². The molecular weight excluding hydrogens is 264 g/mol. The summed E-state index contributed by atoms with van der Waals surface area (Å²) in [6.45, 7) is 0. The zero-order valence-electron chi connectivity index (χ0n) is 12.2. The lowest BCUT2D eigenvalue weighted by atomic mass is 10.0. The SMILES string of the molecule is O=C(CCc1ccccc1)NNC(=O)C1[C@H]2CCCC[C@@H]12. The van der Waals surface area contributed by atoms with Gasteiger partial charge in [0.15, 0.2) is 0 Å². The molecule has 4 nitrogen and oxygen atoms in total. The first kappa shape index (κ1) is 14.1. The number of rotatable bonds is 4. The quantitative estimate of drug-likeness (QED) is 0.834. The smallest absolute Gasteiger partial charge is 0.242 e. The lowest BCUT2D eigenvalue weighted by molar-refractivity contribution is -0.129. The van der Waals surface area contributed by atoms with Gasteiger partial charge in [0.1, 0.15) is 0 Å². The minimum atomic E-state index is -0.129. The molecule has 3 rings (SSSR count). The summed E-state index contributed by atoms with van der Waals surface area (Å²) in [5.74, 6) is 1.15. The topological polar surface area (TPSA) is 58.2 Å². The van der Waals surface area contributed by atoms with Gasteiger partial charge >= 0.3 is 0 Å². The number of benzene rings is 1. The van der Waals surface area contributed by atoms with Crippen LogP contribution < -0.4 is 10.9 Å². The molecule has 0 saturated heterocycles. The predicted octanol–water partition coefficient (Wildman–Crippen LogP) is 2.20. The van der Waals surface area contributed by atoms with Gasteiger partial charge < -0.3 is 0 Å². The molecule has 2 aliphatic carbocycles. The molecule has 2 N–H and O–H groups in total. The molecule has 1 aromatic carbocycles. The second kappa shape index (κ2) is 6.29. The van der Waals surface area contributed by atoms with Gasteiger partial charge in [0.25, 0.3) is 0 Å². The molecule has 0 radical (unpaired) electrons. The highest BCUT2D eigenvalue weighted by atomic mass is 16.2. The first-order valence-electron chi connectivity index (χ1n) is 7.88. The Balaban J connectivity index is 1.37. The summed E-state index contributed by atoms with van der Waals surface area (Å²) in [5.41, 5.74) is 6.28. The van der Waals surface area contributed by atoms with Gasteiger partial charge in [-0.15, -0.1) is 0 Å². The molecule has 21 heavy (non-hydrogen) atoms. The summed E-state index contributed by atoms with van der Waals surface area (Å²) in [6.07, 6.45) is 5.91. The summed E-state index contributed by atoms with van der Waals surface area (Å²) in [6, 6.07) is 9.88. The summed E-state index contributed by atoms with van der Waals surface area (Å²) in [7, 11) is 0. The van der Waals surface area contributed by atoms with E-state index in [0.717, 1.165) is 5.56 Å². The highest BCUT2D eigenvalue weighted by Gasteiger charge is 2.54. The van der Waals surface area contributed by atoms with E-state index in [0.29, 0.717) is 24.7 Å². The Hall–Kier alpha value is -1.84. The van der Waals surface area contributed by atoms with Crippen LogP contribution in [-0.2, 0) is 16.0 Å². The maximum atomic E-state index is 12.0. The number of fused-ring (bicyclic) bond motifs is 1. The third kappa shape index (κ3) is 3.43. The van der Waals surface area contributed by atoms with Gasteiger partial charge in [-0.25, -0.2) is 0 Å². The number of nitrogens with one attached hydrogen (secondary N) is 2. The fraction of sp³-hybridized carbons (Fsp3) is 0.529. The Labute approximate surface area is 125 Å². The van der Waals surface area contributed by atoms with Crippen LogP contribution in [0.3, 0.4) is 0 Å². The van der Waals surface area contributed by atoms with Gasteiger partial charge in [0.2, 0.25) is 11.8 Å². The Bertz CT molecular complexity index is 503. The molecule has 1 aromatic rings. The maximum Gasteiger partial charge on any atom is 0.242 e. The Morgan fingerprint density at radius 3 is 2.33 bits per heavy atom. The van der Waals surface area contributed by atoms with E-state index < -0.39 is 0 Å². The van der Waals surface area contributed by atoms with Crippen LogP contribution in [0, 0.1) is 17.8 Å². The van der Waals surface area contributed by atoms with Crippen molar-refractivity contribution in [3.8, 4) is 0 Å². The Morgan fingerprint density at radius 1 is 1.00 bits per heavy atom. The molecule has 112 valence electrons. The van der Waals surface area contributed by atoms with Gasteiger partial charge in [-0.05, 0) is 36.7 Å². The number of hydrazine groups is 1. The van der Waals surface area contributed by atoms with Crippen molar-refractivity contribution in [1.82, 2.24) is 10.9 Å². The minimum Gasteiger partial charge on any atom is -0.273 e. The molecule has 0 spiro atoms. The highest BCUT2D eigenvalue weighted by molar-refractivity contribution is 5.85. The second-order valence-corrected chi connectivity index (χ2v) is 6.16. The zero-order chi connectivity index (χ0) is 14.7. The predicted molar refractivity (Wildman–Crippen MR) is 80.0 cm³/mol. The number of hydrogen-bond acceptors (Lipinski definition) is 2. The van der Waals surface area contributed by atoms with Gasteiger partial charge in [0.05, 0.1) is 0 Å². The number of hydrogen-bond donors (Lipinski definition) is 2. The van der Waals surface area contributed by atoms with Crippen LogP contribution in [0.4, 0.5) is 0 Å². The lowest BCUT2D eigenvalue weighted by Gasteiger charge is -2.07. The number of amides is 2. The monoisotopic (exact) mass is 286 g/mol.